The number of aliphatic carboxylic acids is 1. The van der Waals surface area contributed by atoms with Crippen LogP contribution >= 0.6 is 11.8 Å². The van der Waals surface area contributed by atoms with Gasteiger partial charge in [0.1, 0.15) is 0 Å². The van der Waals surface area contributed by atoms with Gasteiger partial charge in [0.15, 0.2) is 11.0 Å². The van der Waals surface area contributed by atoms with Crippen LogP contribution in [0, 0.1) is 0 Å². The third-order valence-corrected chi connectivity index (χ3v) is 3.25. The minimum atomic E-state index is -1.06. The standard InChI is InChI=1S/C12H14O3S/c1-2-6-10(13)11(12(14)15)16-9-7-4-3-5-8-9/h3-5,7-8,11H,2,6H2,1H3,(H,14,15). The lowest BCUT2D eigenvalue weighted by Crippen LogP contribution is -2.26. The number of rotatable bonds is 6. The van der Waals surface area contributed by atoms with E-state index >= 15 is 0 Å². The monoisotopic (exact) mass is 238 g/mol. The Morgan fingerprint density at radius 2 is 1.94 bits per heavy atom. The van der Waals surface area contributed by atoms with Crippen LogP contribution in [0.25, 0.3) is 0 Å². The maximum atomic E-state index is 11.6. The summed E-state index contributed by atoms with van der Waals surface area (Å²) < 4.78 is 0. The van der Waals surface area contributed by atoms with E-state index in [1.165, 1.54) is 0 Å². The van der Waals surface area contributed by atoms with E-state index in [1.807, 2.05) is 25.1 Å². The summed E-state index contributed by atoms with van der Waals surface area (Å²) in [5.74, 6) is -1.28. The van der Waals surface area contributed by atoms with Crippen LogP contribution in [-0.4, -0.2) is 22.1 Å². The van der Waals surface area contributed by atoms with Crippen LogP contribution in [0.15, 0.2) is 35.2 Å². The number of carboxylic acids is 1. The van der Waals surface area contributed by atoms with E-state index in [4.69, 9.17) is 5.11 Å². The van der Waals surface area contributed by atoms with Crippen LogP contribution in [-0.2, 0) is 9.59 Å². The summed E-state index contributed by atoms with van der Waals surface area (Å²) in [7, 11) is 0. The third kappa shape index (κ3) is 3.70. The van der Waals surface area contributed by atoms with Crippen LogP contribution in [0.4, 0.5) is 0 Å². The van der Waals surface area contributed by atoms with Crippen molar-refractivity contribution in [1.82, 2.24) is 0 Å². The molecule has 16 heavy (non-hydrogen) atoms. The first-order valence-corrected chi connectivity index (χ1v) is 6.00. The molecule has 0 aliphatic carbocycles. The number of hydrogen-bond donors (Lipinski definition) is 1. The number of hydrogen-bond acceptors (Lipinski definition) is 3. The number of benzene rings is 1. The Kier molecular flexibility index (Phi) is 5.05. The molecule has 3 nitrogen and oxygen atoms in total. The van der Waals surface area contributed by atoms with Crippen molar-refractivity contribution in [2.24, 2.45) is 0 Å². The first kappa shape index (κ1) is 12.8. The van der Waals surface area contributed by atoms with Gasteiger partial charge in [-0.1, -0.05) is 25.1 Å². The molecule has 1 N–H and O–H groups in total. The number of Topliss-reactive ketones (excluding diaryl/α,β-unsaturated/α-hetero) is 1. The second kappa shape index (κ2) is 6.33. The molecule has 0 amide bonds. The Bertz CT molecular complexity index is 362. The predicted octanol–water partition coefficient (Wildman–Crippen LogP) is 2.60. The van der Waals surface area contributed by atoms with Gasteiger partial charge in [0.05, 0.1) is 0 Å². The molecular weight excluding hydrogens is 224 g/mol. The topological polar surface area (TPSA) is 54.4 Å². The highest BCUT2D eigenvalue weighted by Crippen LogP contribution is 2.24. The molecule has 4 heteroatoms. The Morgan fingerprint density at radius 1 is 1.31 bits per heavy atom. The zero-order valence-corrected chi connectivity index (χ0v) is 9.87. The second-order valence-corrected chi connectivity index (χ2v) is 4.54. The third-order valence-electron chi connectivity index (χ3n) is 2.01. The van der Waals surface area contributed by atoms with E-state index in [2.05, 4.69) is 0 Å². The molecule has 0 aliphatic rings. The number of carboxylic acid groups (broad SMARTS) is 1. The van der Waals surface area contributed by atoms with Crippen LogP contribution in [0.5, 0.6) is 0 Å². The van der Waals surface area contributed by atoms with Gasteiger partial charge in [-0.3, -0.25) is 9.59 Å². The molecule has 0 bridgehead atoms. The Balaban J connectivity index is 2.73. The van der Waals surface area contributed by atoms with Gasteiger partial charge >= 0.3 is 5.97 Å². The second-order valence-electron chi connectivity index (χ2n) is 3.37. The molecule has 0 fully saturated rings. The van der Waals surface area contributed by atoms with Crippen LogP contribution in [0.1, 0.15) is 19.8 Å². The first-order chi connectivity index (χ1) is 7.65. The van der Waals surface area contributed by atoms with Crippen molar-refractivity contribution >= 4 is 23.5 Å². The molecule has 0 aromatic heterocycles. The van der Waals surface area contributed by atoms with Gasteiger partial charge < -0.3 is 5.11 Å². The normalized spacial score (nSPS) is 12.1. The van der Waals surface area contributed by atoms with Crippen molar-refractivity contribution in [1.29, 1.82) is 0 Å². The van der Waals surface area contributed by atoms with Gasteiger partial charge in [-0.05, 0) is 18.6 Å². The van der Waals surface area contributed by atoms with Crippen LogP contribution in [0.3, 0.4) is 0 Å². The molecule has 0 aliphatic heterocycles. The van der Waals surface area contributed by atoms with Gasteiger partial charge in [-0.15, -0.1) is 11.8 Å². The van der Waals surface area contributed by atoms with E-state index in [9.17, 15) is 9.59 Å². The van der Waals surface area contributed by atoms with Crippen molar-refractivity contribution in [3.8, 4) is 0 Å². The molecule has 1 rings (SSSR count). The summed E-state index contributed by atoms with van der Waals surface area (Å²) in [4.78, 5) is 23.4. The molecular formula is C12H14O3S. The molecule has 86 valence electrons. The van der Waals surface area contributed by atoms with E-state index < -0.39 is 11.2 Å². The summed E-state index contributed by atoms with van der Waals surface area (Å²) in [6.07, 6.45) is 0.995. The van der Waals surface area contributed by atoms with Crippen LogP contribution in [0.2, 0.25) is 0 Å². The minimum absolute atomic E-state index is 0.219. The molecule has 0 saturated carbocycles. The highest BCUT2D eigenvalue weighted by Gasteiger charge is 2.26. The molecule has 1 aromatic rings. The summed E-state index contributed by atoms with van der Waals surface area (Å²) >= 11 is 1.10. The quantitative estimate of drug-likeness (QED) is 0.611. The molecule has 0 spiro atoms. The largest absolute Gasteiger partial charge is 0.480 e. The molecule has 0 radical (unpaired) electrons. The van der Waals surface area contributed by atoms with Gasteiger partial charge in [0.25, 0.3) is 0 Å². The van der Waals surface area contributed by atoms with Crippen molar-refractivity contribution in [3.63, 3.8) is 0 Å². The van der Waals surface area contributed by atoms with E-state index in [1.54, 1.807) is 12.1 Å². The minimum Gasteiger partial charge on any atom is -0.480 e. The highest BCUT2D eigenvalue weighted by atomic mass is 32.2. The average molecular weight is 238 g/mol. The smallest absolute Gasteiger partial charge is 0.324 e. The van der Waals surface area contributed by atoms with Crippen molar-refractivity contribution in [3.05, 3.63) is 30.3 Å². The molecule has 1 unspecified atom stereocenters. The molecule has 0 heterocycles. The van der Waals surface area contributed by atoms with Crippen molar-refractivity contribution < 1.29 is 14.7 Å². The number of thioether (sulfide) groups is 1. The predicted molar refractivity (Wildman–Crippen MR) is 63.6 cm³/mol. The van der Waals surface area contributed by atoms with Crippen LogP contribution < -0.4 is 0 Å². The fourth-order valence-electron chi connectivity index (χ4n) is 1.27. The maximum Gasteiger partial charge on any atom is 0.324 e. The maximum absolute atomic E-state index is 11.6. The van der Waals surface area contributed by atoms with E-state index in [0.717, 1.165) is 16.7 Å². The van der Waals surface area contributed by atoms with E-state index in [0.29, 0.717) is 12.8 Å². The lowest BCUT2D eigenvalue weighted by molar-refractivity contribution is -0.139. The number of carbonyl (C=O) groups is 2. The number of carbonyl (C=O) groups excluding carboxylic acids is 1. The van der Waals surface area contributed by atoms with Gasteiger partial charge in [-0.2, -0.15) is 0 Å². The fraction of sp³-hybridized carbons (Fsp3) is 0.333. The number of ketones is 1. The molecule has 0 saturated heterocycles. The van der Waals surface area contributed by atoms with Crippen molar-refractivity contribution in [2.75, 3.05) is 0 Å². The van der Waals surface area contributed by atoms with Gasteiger partial charge in [-0.25, -0.2) is 0 Å². The molecule has 1 aromatic carbocycles. The summed E-state index contributed by atoms with van der Waals surface area (Å²) in [5.41, 5.74) is 0. The lowest BCUT2D eigenvalue weighted by atomic mass is 10.2. The average Bonchev–Trinajstić information content (AvgIpc) is 2.27. The summed E-state index contributed by atoms with van der Waals surface area (Å²) in [5, 5.41) is 8.01. The summed E-state index contributed by atoms with van der Waals surface area (Å²) in [6.45, 7) is 1.87. The summed E-state index contributed by atoms with van der Waals surface area (Å²) in [6, 6.07) is 9.12. The van der Waals surface area contributed by atoms with E-state index in [-0.39, 0.29) is 5.78 Å². The van der Waals surface area contributed by atoms with Gasteiger partial charge in [0, 0.05) is 11.3 Å². The Hall–Kier alpha value is -1.29. The zero-order chi connectivity index (χ0) is 12.0. The zero-order valence-electron chi connectivity index (χ0n) is 9.05. The Labute approximate surface area is 98.9 Å². The SMILES string of the molecule is CCCC(=O)C(Sc1ccccc1)C(=O)O. The van der Waals surface area contributed by atoms with Gasteiger partial charge in [0.2, 0.25) is 0 Å². The molecule has 1 atom stereocenters. The highest BCUT2D eigenvalue weighted by molar-refractivity contribution is 8.01. The fourth-order valence-corrected chi connectivity index (χ4v) is 2.20. The Morgan fingerprint density at radius 3 is 2.44 bits per heavy atom. The van der Waals surface area contributed by atoms with Crippen molar-refractivity contribution in [2.45, 2.75) is 29.9 Å². The lowest BCUT2D eigenvalue weighted by Gasteiger charge is -2.10. The first-order valence-electron chi connectivity index (χ1n) is 5.12.